The molecule has 1 heterocycles. The van der Waals surface area contributed by atoms with Gasteiger partial charge in [0, 0.05) is 12.1 Å². The molecule has 162 valence electrons. The highest BCUT2D eigenvalue weighted by Crippen LogP contribution is 2.26. The number of nitriles is 1. The fourth-order valence-electron chi connectivity index (χ4n) is 4.22. The Morgan fingerprint density at radius 3 is 2.50 bits per heavy atom. The van der Waals surface area contributed by atoms with Crippen LogP contribution in [0.1, 0.15) is 48.6 Å². The van der Waals surface area contributed by atoms with Crippen molar-refractivity contribution in [3.05, 3.63) is 82.4 Å². The van der Waals surface area contributed by atoms with Crippen LogP contribution in [0.2, 0.25) is 0 Å². The monoisotopic (exact) mass is 422 g/mol. The maximum absolute atomic E-state index is 9.63. The van der Waals surface area contributed by atoms with Crippen molar-refractivity contribution in [3.63, 3.8) is 0 Å². The highest BCUT2D eigenvalue weighted by molar-refractivity contribution is 6.21. The van der Waals surface area contributed by atoms with E-state index in [1.54, 1.807) is 0 Å². The summed E-state index contributed by atoms with van der Waals surface area (Å²) < 4.78 is 0. The van der Waals surface area contributed by atoms with Gasteiger partial charge < -0.3 is 4.90 Å². The van der Waals surface area contributed by atoms with Crippen molar-refractivity contribution in [3.8, 4) is 6.07 Å². The Bertz CT molecular complexity index is 1240. The number of fused-ring (bicyclic) bond motifs is 1. The van der Waals surface area contributed by atoms with Gasteiger partial charge in [-0.05, 0) is 59.5 Å². The largest absolute Gasteiger partial charge is 0.302 e. The van der Waals surface area contributed by atoms with Crippen LogP contribution in [0.15, 0.2) is 64.6 Å². The van der Waals surface area contributed by atoms with Gasteiger partial charge in [0.25, 0.3) is 0 Å². The van der Waals surface area contributed by atoms with E-state index in [0.717, 1.165) is 53.3 Å². The molecule has 0 saturated carbocycles. The molecule has 3 aromatic rings. The first kappa shape index (κ1) is 21.9. The van der Waals surface area contributed by atoms with Crippen LogP contribution in [0.5, 0.6) is 0 Å². The number of benzene rings is 3. The SMILES string of the molecule is CCN(C)Cc1ccc(C2=NCC(c3ccc(CC(C)C)c(C#N)c3)=N2)c2ccccc12. The molecule has 3 aromatic carbocycles. The van der Waals surface area contributed by atoms with E-state index in [1.165, 1.54) is 16.3 Å². The van der Waals surface area contributed by atoms with E-state index in [-0.39, 0.29) is 0 Å². The maximum atomic E-state index is 9.63. The molecular formula is C28H30N4. The average molecular weight is 423 g/mol. The second-order valence-corrected chi connectivity index (χ2v) is 8.93. The van der Waals surface area contributed by atoms with E-state index < -0.39 is 0 Å². The number of hydrogen-bond donors (Lipinski definition) is 0. The fourth-order valence-corrected chi connectivity index (χ4v) is 4.22. The van der Waals surface area contributed by atoms with Crippen molar-refractivity contribution in [2.75, 3.05) is 20.1 Å². The molecule has 0 bridgehead atoms. The molecule has 0 amide bonds. The predicted octanol–water partition coefficient (Wildman–Crippen LogP) is 5.61. The van der Waals surface area contributed by atoms with E-state index in [9.17, 15) is 5.26 Å². The Kier molecular flexibility index (Phi) is 6.48. The van der Waals surface area contributed by atoms with Crippen LogP contribution in [0.25, 0.3) is 10.8 Å². The number of amidine groups is 1. The summed E-state index contributed by atoms with van der Waals surface area (Å²) in [4.78, 5) is 12.0. The molecule has 0 unspecified atom stereocenters. The lowest BCUT2D eigenvalue weighted by Crippen LogP contribution is -2.17. The van der Waals surface area contributed by atoms with E-state index in [1.807, 2.05) is 6.07 Å². The molecule has 0 spiro atoms. The molecule has 4 heteroatoms. The van der Waals surface area contributed by atoms with Gasteiger partial charge in [0.05, 0.1) is 23.9 Å². The van der Waals surface area contributed by atoms with Crippen molar-refractivity contribution in [1.29, 1.82) is 5.26 Å². The second kappa shape index (κ2) is 9.46. The van der Waals surface area contributed by atoms with E-state index in [4.69, 9.17) is 9.98 Å². The molecule has 0 atom stereocenters. The second-order valence-electron chi connectivity index (χ2n) is 8.93. The summed E-state index contributed by atoms with van der Waals surface area (Å²) in [6.45, 7) is 8.98. The van der Waals surface area contributed by atoms with E-state index in [0.29, 0.717) is 12.5 Å². The minimum atomic E-state index is 0.514. The third-order valence-electron chi connectivity index (χ3n) is 6.05. The van der Waals surface area contributed by atoms with Crippen LogP contribution in [-0.2, 0) is 13.0 Å². The molecule has 1 aliphatic rings. The zero-order valence-corrected chi connectivity index (χ0v) is 19.4. The summed E-state index contributed by atoms with van der Waals surface area (Å²) in [5.41, 5.74) is 6.13. The van der Waals surface area contributed by atoms with Gasteiger partial charge >= 0.3 is 0 Å². The number of aliphatic imine (C=N–C) groups is 2. The Morgan fingerprint density at radius 1 is 1.03 bits per heavy atom. The van der Waals surface area contributed by atoms with Crippen LogP contribution in [-0.4, -0.2) is 36.6 Å². The topological polar surface area (TPSA) is 51.8 Å². The van der Waals surface area contributed by atoms with Gasteiger partial charge in [-0.15, -0.1) is 0 Å². The van der Waals surface area contributed by atoms with Gasteiger partial charge in [-0.3, -0.25) is 4.99 Å². The molecule has 0 aliphatic carbocycles. The van der Waals surface area contributed by atoms with Crippen LogP contribution in [0.3, 0.4) is 0 Å². The summed E-state index contributed by atoms with van der Waals surface area (Å²) in [6.07, 6.45) is 0.906. The third-order valence-corrected chi connectivity index (χ3v) is 6.05. The Hall–Kier alpha value is -3.29. The lowest BCUT2D eigenvalue weighted by Gasteiger charge is -2.16. The molecule has 32 heavy (non-hydrogen) atoms. The van der Waals surface area contributed by atoms with Crippen LogP contribution in [0.4, 0.5) is 0 Å². The molecular weight excluding hydrogens is 392 g/mol. The first-order valence-electron chi connectivity index (χ1n) is 11.3. The van der Waals surface area contributed by atoms with Crippen molar-refractivity contribution in [2.24, 2.45) is 15.9 Å². The van der Waals surface area contributed by atoms with E-state index in [2.05, 4.69) is 87.3 Å². The van der Waals surface area contributed by atoms with Crippen molar-refractivity contribution >= 4 is 22.3 Å². The lowest BCUT2D eigenvalue weighted by molar-refractivity contribution is 0.347. The third kappa shape index (κ3) is 4.49. The standard InChI is InChI=1S/C28H30N4/c1-5-32(4)18-22-12-13-26(25-9-7-6-8-24(22)25)28-30-17-27(31-28)21-11-10-20(14-19(2)3)23(15-21)16-29/h6-13,15,19H,5,14,17-18H2,1-4H3. The molecule has 4 nitrogen and oxygen atoms in total. The highest BCUT2D eigenvalue weighted by Gasteiger charge is 2.18. The van der Waals surface area contributed by atoms with Crippen molar-refractivity contribution in [2.45, 2.75) is 33.7 Å². The zero-order chi connectivity index (χ0) is 22.7. The Labute approximate surface area is 190 Å². The number of rotatable bonds is 7. The van der Waals surface area contributed by atoms with E-state index >= 15 is 0 Å². The minimum Gasteiger partial charge on any atom is -0.302 e. The Morgan fingerprint density at radius 2 is 1.78 bits per heavy atom. The molecule has 1 aliphatic heterocycles. The van der Waals surface area contributed by atoms with Gasteiger partial charge in [-0.25, -0.2) is 4.99 Å². The lowest BCUT2D eigenvalue weighted by atomic mass is 9.95. The maximum Gasteiger partial charge on any atom is 0.155 e. The van der Waals surface area contributed by atoms with Crippen LogP contribution < -0.4 is 0 Å². The average Bonchev–Trinajstić information content (AvgIpc) is 3.29. The summed E-state index contributed by atoms with van der Waals surface area (Å²) >= 11 is 0. The van der Waals surface area contributed by atoms with Gasteiger partial charge in [0.15, 0.2) is 5.84 Å². The molecule has 0 saturated heterocycles. The summed E-state index contributed by atoms with van der Waals surface area (Å²) in [5, 5.41) is 12.1. The van der Waals surface area contributed by atoms with Crippen LogP contribution >= 0.6 is 0 Å². The number of nitrogens with zero attached hydrogens (tertiary/aromatic N) is 4. The fraction of sp³-hybridized carbons (Fsp3) is 0.321. The quantitative estimate of drug-likeness (QED) is 0.497. The molecule has 4 rings (SSSR count). The summed E-state index contributed by atoms with van der Waals surface area (Å²) in [6, 6.07) is 21.3. The summed E-state index contributed by atoms with van der Waals surface area (Å²) in [7, 11) is 2.14. The minimum absolute atomic E-state index is 0.514. The molecule has 0 fully saturated rings. The van der Waals surface area contributed by atoms with Gasteiger partial charge in [0.1, 0.15) is 0 Å². The molecule has 0 aromatic heterocycles. The zero-order valence-electron chi connectivity index (χ0n) is 19.4. The smallest absolute Gasteiger partial charge is 0.155 e. The Balaban J connectivity index is 1.68. The summed E-state index contributed by atoms with van der Waals surface area (Å²) in [5.74, 6) is 1.29. The first-order valence-corrected chi connectivity index (χ1v) is 11.3. The van der Waals surface area contributed by atoms with Gasteiger partial charge in [-0.2, -0.15) is 5.26 Å². The van der Waals surface area contributed by atoms with Gasteiger partial charge in [0.2, 0.25) is 0 Å². The molecule has 0 N–H and O–H groups in total. The predicted molar refractivity (Wildman–Crippen MR) is 134 cm³/mol. The first-order chi connectivity index (χ1) is 15.5. The number of hydrogen-bond acceptors (Lipinski definition) is 4. The van der Waals surface area contributed by atoms with Gasteiger partial charge in [-0.1, -0.05) is 69.3 Å². The normalized spacial score (nSPS) is 13.5. The van der Waals surface area contributed by atoms with Crippen LogP contribution in [0, 0.1) is 17.2 Å². The van der Waals surface area contributed by atoms with Crippen molar-refractivity contribution in [1.82, 2.24) is 4.90 Å². The highest BCUT2D eigenvalue weighted by atomic mass is 15.1. The van der Waals surface area contributed by atoms with Crippen molar-refractivity contribution < 1.29 is 0 Å². The molecule has 0 radical (unpaired) electrons.